The van der Waals surface area contributed by atoms with E-state index in [2.05, 4.69) is 25.5 Å². The molecule has 7 nitrogen and oxygen atoms in total. The molecule has 3 heterocycles. The zero-order valence-corrected chi connectivity index (χ0v) is 8.10. The van der Waals surface area contributed by atoms with Crippen LogP contribution >= 0.6 is 12.2 Å². The zero-order chi connectivity index (χ0) is 10.3. The molecular formula is C7H4N6OS. The van der Waals surface area contributed by atoms with Crippen molar-refractivity contribution in [1.82, 2.24) is 30.0 Å². The third-order valence-electron chi connectivity index (χ3n) is 1.80. The Morgan fingerprint density at radius 2 is 2.33 bits per heavy atom. The van der Waals surface area contributed by atoms with Crippen LogP contribution in [0.5, 0.6) is 0 Å². The number of aromatic amines is 1. The first kappa shape index (κ1) is 8.24. The van der Waals surface area contributed by atoms with Crippen LogP contribution in [0.25, 0.3) is 17.4 Å². The van der Waals surface area contributed by atoms with Crippen molar-refractivity contribution in [2.75, 3.05) is 0 Å². The lowest BCUT2D eigenvalue weighted by Gasteiger charge is -1.93. The number of H-pyrrole nitrogens is 1. The number of aromatic nitrogens is 6. The molecule has 0 saturated carbocycles. The van der Waals surface area contributed by atoms with Gasteiger partial charge in [0.15, 0.2) is 5.76 Å². The molecule has 0 aliphatic heterocycles. The molecule has 3 aromatic rings. The molecule has 0 bridgehead atoms. The molecular weight excluding hydrogens is 216 g/mol. The second kappa shape index (κ2) is 2.95. The lowest BCUT2D eigenvalue weighted by molar-refractivity contribution is 0.572. The normalized spacial score (nSPS) is 10.9. The smallest absolute Gasteiger partial charge is 0.289 e. The largest absolute Gasteiger partial charge is 0.461 e. The molecule has 0 aliphatic rings. The van der Waals surface area contributed by atoms with E-state index in [9.17, 15) is 0 Å². The predicted molar refractivity (Wildman–Crippen MR) is 51.5 cm³/mol. The van der Waals surface area contributed by atoms with Crippen molar-refractivity contribution in [2.45, 2.75) is 0 Å². The SMILES string of the molecule is S=c1[nH]nc2nnc(-c3ccco3)nn12. The fraction of sp³-hybridized carbons (Fsp3) is 0. The topological polar surface area (TPSA) is 84.9 Å². The standard InChI is InChI=1S/C7H4N6OS/c15-7-11-10-6-9-8-5(12-13(6)7)4-2-1-3-14-4/h1-3H,(H,11,15). The molecule has 3 rings (SSSR count). The van der Waals surface area contributed by atoms with Crippen LogP contribution in [0, 0.1) is 4.77 Å². The molecule has 0 atom stereocenters. The molecule has 0 fully saturated rings. The molecule has 3 aromatic heterocycles. The van der Waals surface area contributed by atoms with E-state index in [-0.39, 0.29) is 0 Å². The minimum absolute atomic E-state index is 0.329. The maximum atomic E-state index is 5.14. The summed E-state index contributed by atoms with van der Waals surface area (Å²) < 4.78 is 6.90. The summed E-state index contributed by atoms with van der Waals surface area (Å²) in [4.78, 5) is 0. The number of hydrogen-bond acceptors (Lipinski definition) is 6. The van der Waals surface area contributed by atoms with E-state index in [4.69, 9.17) is 16.6 Å². The van der Waals surface area contributed by atoms with Gasteiger partial charge in [0.05, 0.1) is 6.26 Å². The minimum Gasteiger partial charge on any atom is -0.461 e. The van der Waals surface area contributed by atoms with Crippen molar-refractivity contribution in [3.63, 3.8) is 0 Å². The lowest BCUT2D eigenvalue weighted by Crippen LogP contribution is -2.00. The number of fused-ring (bicyclic) bond motifs is 1. The van der Waals surface area contributed by atoms with Crippen molar-refractivity contribution in [3.8, 4) is 11.6 Å². The van der Waals surface area contributed by atoms with Crippen LogP contribution in [0.3, 0.4) is 0 Å². The molecule has 0 aromatic carbocycles. The zero-order valence-electron chi connectivity index (χ0n) is 7.28. The number of hydrogen-bond donors (Lipinski definition) is 1. The van der Waals surface area contributed by atoms with Crippen LogP contribution in [0.4, 0.5) is 0 Å². The van der Waals surface area contributed by atoms with E-state index in [0.717, 1.165) is 0 Å². The molecule has 0 spiro atoms. The fourth-order valence-electron chi connectivity index (χ4n) is 1.15. The Morgan fingerprint density at radius 1 is 1.40 bits per heavy atom. The molecule has 8 heteroatoms. The molecule has 0 saturated heterocycles. The van der Waals surface area contributed by atoms with Crippen molar-refractivity contribution >= 4 is 18.0 Å². The Kier molecular flexibility index (Phi) is 1.62. The van der Waals surface area contributed by atoms with E-state index in [1.807, 2.05) is 0 Å². The highest BCUT2D eigenvalue weighted by Gasteiger charge is 2.08. The summed E-state index contributed by atoms with van der Waals surface area (Å²) in [7, 11) is 0. The van der Waals surface area contributed by atoms with Gasteiger partial charge < -0.3 is 4.42 Å². The van der Waals surface area contributed by atoms with Gasteiger partial charge in [-0.2, -0.15) is 4.52 Å². The van der Waals surface area contributed by atoms with E-state index in [1.54, 1.807) is 12.1 Å². The van der Waals surface area contributed by atoms with E-state index in [0.29, 0.717) is 22.1 Å². The summed E-state index contributed by atoms with van der Waals surface area (Å²) in [5, 5.41) is 18.2. The Labute approximate surface area is 87.8 Å². The van der Waals surface area contributed by atoms with Crippen molar-refractivity contribution in [1.29, 1.82) is 0 Å². The van der Waals surface area contributed by atoms with Gasteiger partial charge >= 0.3 is 0 Å². The summed E-state index contributed by atoms with van der Waals surface area (Å²) in [5.41, 5.74) is 0. The van der Waals surface area contributed by atoms with Gasteiger partial charge in [0.1, 0.15) is 0 Å². The van der Waals surface area contributed by atoms with Crippen LogP contribution in [-0.4, -0.2) is 30.0 Å². The van der Waals surface area contributed by atoms with Gasteiger partial charge in [-0.15, -0.1) is 20.4 Å². The summed E-state index contributed by atoms with van der Waals surface area (Å²) in [5.74, 6) is 1.23. The summed E-state index contributed by atoms with van der Waals surface area (Å²) in [6.45, 7) is 0. The monoisotopic (exact) mass is 220 g/mol. The highest BCUT2D eigenvalue weighted by molar-refractivity contribution is 7.71. The Hall–Kier alpha value is -2.09. The number of nitrogens with one attached hydrogen (secondary N) is 1. The highest BCUT2D eigenvalue weighted by atomic mass is 32.1. The quantitative estimate of drug-likeness (QED) is 0.611. The highest BCUT2D eigenvalue weighted by Crippen LogP contribution is 2.12. The molecule has 0 radical (unpaired) electrons. The van der Waals surface area contributed by atoms with E-state index >= 15 is 0 Å². The van der Waals surface area contributed by atoms with Crippen molar-refractivity contribution < 1.29 is 4.42 Å². The van der Waals surface area contributed by atoms with Gasteiger partial charge in [-0.25, -0.2) is 5.10 Å². The molecule has 74 valence electrons. The molecule has 0 unspecified atom stereocenters. The van der Waals surface area contributed by atoms with Gasteiger partial charge in [0, 0.05) is 0 Å². The third-order valence-corrected chi connectivity index (χ3v) is 2.07. The Balaban J connectivity index is 2.30. The maximum absolute atomic E-state index is 5.14. The Bertz CT molecular complexity index is 653. The van der Waals surface area contributed by atoms with Crippen LogP contribution in [0.2, 0.25) is 0 Å². The van der Waals surface area contributed by atoms with Gasteiger partial charge in [-0.1, -0.05) is 0 Å². The van der Waals surface area contributed by atoms with Crippen LogP contribution in [0.15, 0.2) is 22.8 Å². The summed E-state index contributed by atoms with van der Waals surface area (Å²) in [6.07, 6.45) is 1.54. The number of furan rings is 1. The van der Waals surface area contributed by atoms with Crippen LogP contribution in [0.1, 0.15) is 0 Å². The molecule has 0 aliphatic carbocycles. The maximum Gasteiger partial charge on any atom is 0.289 e. The molecule has 0 amide bonds. The van der Waals surface area contributed by atoms with Crippen molar-refractivity contribution in [2.24, 2.45) is 0 Å². The average molecular weight is 220 g/mol. The van der Waals surface area contributed by atoms with E-state index in [1.165, 1.54) is 10.8 Å². The first-order valence-electron chi connectivity index (χ1n) is 4.06. The van der Waals surface area contributed by atoms with Crippen LogP contribution < -0.4 is 0 Å². The van der Waals surface area contributed by atoms with E-state index < -0.39 is 0 Å². The lowest BCUT2D eigenvalue weighted by atomic mass is 10.4. The summed E-state index contributed by atoms with van der Waals surface area (Å²) in [6, 6.07) is 3.49. The third kappa shape index (κ3) is 1.22. The van der Waals surface area contributed by atoms with Gasteiger partial charge in [0.25, 0.3) is 5.78 Å². The van der Waals surface area contributed by atoms with Gasteiger partial charge in [-0.05, 0) is 24.4 Å². The average Bonchev–Trinajstić information content (AvgIpc) is 2.88. The second-order valence-corrected chi connectivity index (χ2v) is 3.13. The molecule has 1 N–H and O–H groups in total. The number of nitrogens with zero attached hydrogens (tertiary/aromatic N) is 5. The summed E-state index contributed by atoms with van der Waals surface area (Å²) >= 11 is 4.96. The van der Waals surface area contributed by atoms with Gasteiger partial charge in [0.2, 0.25) is 10.6 Å². The van der Waals surface area contributed by atoms with Crippen LogP contribution in [-0.2, 0) is 0 Å². The second-order valence-electron chi connectivity index (χ2n) is 2.74. The number of rotatable bonds is 1. The van der Waals surface area contributed by atoms with Crippen molar-refractivity contribution in [3.05, 3.63) is 23.2 Å². The Morgan fingerprint density at radius 3 is 3.13 bits per heavy atom. The van der Waals surface area contributed by atoms with Gasteiger partial charge in [-0.3, -0.25) is 0 Å². The fourth-order valence-corrected chi connectivity index (χ4v) is 1.32. The first-order chi connectivity index (χ1) is 7.34. The predicted octanol–water partition coefficient (Wildman–Crippen LogP) is 0.837. The first-order valence-corrected chi connectivity index (χ1v) is 4.47. The molecule has 15 heavy (non-hydrogen) atoms. The minimum atomic E-state index is 0.329.